The van der Waals surface area contributed by atoms with Crippen LogP contribution in [0.3, 0.4) is 0 Å². The van der Waals surface area contributed by atoms with E-state index < -0.39 is 23.6 Å². The number of hydrogen-bond donors (Lipinski definition) is 1. The van der Waals surface area contributed by atoms with Gasteiger partial charge in [0, 0.05) is 23.7 Å². The van der Waals surface area contributed by atoms with Crippen molar-refractivity contribution in [3.8, 4) is 11.5 Å². The molecule has 0 radical (unpaired) electrons. The van der Waals surface area contributed by atoms with Crippen LogP contribution in [0.2, 0.25) is 0 Å². The Labute approximate surface area is 224 Å². The molecule has 0 heterocycles. The smallest absolute Gasteiger partial charge is 0.337 e. The number of amides is 1. The maximum atomic E-state index is 14.2. The summed E-state index contributed by atoms with van der Waals surface area (Å²) in [6, 6.07) is 12.4. The molecule has 1 saturated carbocycles. The molecule has 1 N–H and O–H groups in total. The minimum atomic E-state index is -3.56. The van der Waals surface area contributed by atoms with Gasteiger partial charge in [-0.1, -0.05) is 32.0 Å². The molecule has 0 spiro atoms. The number of para-hydroxylation sites is 1. The van der Waals surface area contributed by atoms with Gasteiger partial charge < -0.3 is 19.1 Å². The van der Waals surface area contributed by atoms with Crippen molar-refractivity contribution >= 4 is 19.2 Å². The normalized spacial score (nSPS) is 21.3. The van der Waals surface area contributed by atoms with Crippen molar-refractivity contribution in [2.75, 3.05) is 0 Å². The fourth-order valence-electron chi connectivity index (χ4n) is 5.36. The summed E-state index contributed by atoms with van der Waals surface area (Å²) >= 11 is 0. The van der Waals surface area contributed by atoms with Crippen molar-refractivity contribution in [2.24, 2.45) is 5.41 Å². The van der Waals surface area contributed by atoms with Crippen LogP contribution in [0.5, 0.6) is 11.5 Å². The third-order valence-electron chi connectivity index (χ3n) is 6.43. The van der Waals surface area contributed by atoms with Gasteiger partial charge in [-0.25, -0.2) is 0 Å². The zero-order valence-electron chi connectivity index (χ0n) is 23.2. The van der Waals surface area contributed by atoms with Gasteiger partial charge in [0.1, 0.15) is 5.75 Å². The number of rotatable bonds is 10. The predicted molar refractivity (Wildman–Crippen MR) is 147 cm³/mol. The summed E-state index contributed by atoms with van der Waals surface area (Å²) in [7, 11) is -3.56. The Morgan fingerprint density at radius 3 is 2.18 bits per heavy atom. The summed E-state index contributed by atoms with van der Waals surface area (Å²) in [6.45, 7) is 13.4. The van der Waals surface area contributed by atoms with Gasteiger partial charge in [-0.15, -0.1) is 0 Å². The number of hydrogen-bond acceptors (Lipinski definition) is 7. The molecule has 2 aromatic rings. The van der Waals surface area contributed by atoms with Gasteiger partial charge in [0.05, 0.1) is 22.3 Å². The highest BCUT2D eigenvalue weighted by molar-refractivity contribution is 7.55. The van der Waals surface area contributed by atoms with Crippen LogP contribution in [0.4, 0.5) is 5.69 Å². The van der Waals surface area contributed by atoms with Gasteiger partial charge in [-0.3, -0.25) is 19.5 Å². The zero-order valence-corrected chi connectivity index (χ0v) is 24.1. The van der Waals surface area contributed by atoms with Crippen LogP contribution in [0.15, 0.2) is 48.5 Å². The van der Waals surface area contributed by atoms with E-state index in [1.165, 1.54) is 18.2 Å². The topological polar surface area (TPSA) is 117 Å². The molecule has 2 atom stereocenters. The number of carbonyl (C=O) groups is 1. The van der Waals surface area contributed by atoms with Crippen LogP contribution >= 0.6 is 7.60 Å². The summed E-state index contributed by atoms with van der Waals surface area (Å²) in [5, 5.41) is 13.8. The molecular weight excluding hydrogens is 507 g/mol. The number of nitro benzene ring substituents is 1. The van der Waals surface area contributed by atoms with E-state index in [2.05, 4.69) is 19.2 Å². The van der Waals surface area contributed by atoms with Crippen molar-refractivity contribution in [1.29, 1.82) is 0 Å². The minimum absolute atomic E-state index is 0.0252. The van der Waals surface area contributed by atoms with Gasteiger partial charge in [0.15, 0.2) is 0 Å². The van der Waals surface area contributed by atoms with Crippen molar-refractivity contribution in [1.82, 2.24) is 5.32 Å². The fraction of sp³-hybridized carbons (Fsp3) is 0.536. The second-order valence-corrected chi connectivity index (χ2v) is 14.1. The molecule has 1 amide bonds. The van der Waals surface area contributed by atoms with Crippen LogP contribution in [0.1, 0.15) is 78.1 Å². The molecule has 0 aliphatic heterocycles. The molecule has 3 rings (SSSR count). The van der Waals surface area contributed by atoms with E-state index in [1.807, 2.05) is 40.7 Å². The second kappa shape index (κ2) is 11.6. The Hall–Kier alpha value is -2.74. The Morgan fingerprint density at radius 2 is 1.63 bits per heavy atom. The monoisotopic (exact) mass is 546 g/mol. The number of carbonyl (C=O) groups excluding carboxylic acids is 1. The van der Waals surface area contributed by atoms with Crippen molar-refractivity contribution in [3.05, 3.63) is 64.2 Å². The van der Waals surface area contributed by atoms with E-state index >= 15 is 0 Å². The first kappa shape index (κ1) is 29.8. The van der Waals surface area contributed by atoms with Gasteiger partial charge in [-0.2, -0.15) is 0 Å². The maximum absolute atomic E-state index is 14.2. The van der Waals surface area contributed by atoms with Crippen LogP contribution in [-0.4, -0.2) is 34.2 Å². The highest BCUT2D eigenvalue weighted by Crippen LogP contribution is 2.68. The Bertz CT molecular complexity index is 1180. The van der Waals surface area contributed by atoms with Crippen LogP contribution in [0.25, 0.3) is 0 Å². The van der Waals surface area contributed by atoms with Crippen molar-refractivity contribution in [2.45, 2.75) is 91.1 Å². The molecule has 0 bridgehead atoms. The molecule has 2 unspecified atom stereocenters. The molecule has 2 aromatic carbocycles. The summed E-state index contributed by atoms with van der Waals surface area (Å²) in [5.74, 6) is -0.000842. The fourth-order valence-corrected chi connectivity index (χ4v) is 8.10. The summed E-state index contributed by atoms with van der Waals surface area (Å²) < 4.78 is 31.9. The lowest BCUT2D eigenvalue weighted by atomic mass is 9.70. The largest absolute Gasteiger partial charge is 0.450 e. The average Bonchev–Trinajstić information content (AvgIpc) is 2.77. The molecule has 9 nitrogen and oxygen atoms in total. The van der Waals surface area contributed by atoms with Gasteiger partial charge in [0.2, 0.25) is 5.75 Å². The SMILES string of the molecule is CC(C)OP(=O)(OC(C)C)C1(C)CC(NC(=O)c2ccc([N+](=O)[O-])c(Oc3ccccc3)c2)CC(C)(C)C1. The molecule has 1 fully saturated rings. The molecule has 10 heteroatoms. The first-order valence-corrected chi connectivity index (χ1v) is 14.5. The number of benzene rings is 2. The van der Waals surface area contributed by atoms with Gasteiger partial charge >= 0.3 is 13.3 Å². The van der Waals surface area contributed by atoms with Crippen molar-refractivity contribution < 1.29 is 28.1 Å². The Morgan fingerprint density at radius 1 is 1.03 bits per heavy atom. The average molecular weight is 547 g/mol. The van der Waals surface area contributed by atoms with Crippen LogP contribution in [0, 0.1) is 15.5 Å². The predicted octanol–water partition coefficient (Wildman–Crippen LogP) is 7.50. The number of nitrogens with one attached hydrogen (secondary N) is 1. The molecule has 0 aromatic heterocycles. The van der Waals surface area contributed by atoms with E-state index in [9.17, 15) is 19.5 Å². The molecular formula is C28H39N2O7P. The van der Waals surface area contributed by atoms with E-state index in [0.29, 0.717) is 25.0 Å². The lowest BCUT2D eigenvalue weighted by Gasteiger charge is -2.49. The standard InChI is InChI=1S/C28H39N2O7P/c1-19(2)36-38(34,37-20(3)4)28(7)17-22(16-27(5,6)18-28)29-26(31)21-13-14-24(30(32)33)25(15-21)35-23-11-9-8-10-12-23/h8-15,19-20,22H,16-18H2,1-7H3,(H,29,31). The summed E-state index contributed by atoms with van der Waals surface area (Å²) in [6.07, 6.45) is 1.09. The molecule has 1 aliphatic rings. The first-order valence-electron chi connectivity index (χ1n) is 12.9. The van der Waals surface area contributed by atoms with Gasteiger partial charge in [0.25, 0.3) is 5.91 Å². The Balaban J connectivity index is 1.88. The highest BCUT2D eigenvalue weighted by Gasteiger charge is 2.55. The van der Waals surface area contributed by atoms with E-state index in [1.54, 1.807) is 24.3 Å². The maximum Gasteiger partial charge on any atom is 0.337 e. The number of nitrogens with zero attached hydrogens (tertiary/aromatic N) is 1. The number of ether oxygens (including phenoxy) is 1. The highest BCUT2D eigenvalue weighted by atomic mass is 31.2. The molecule has 208 valence electrons. The minimum Gasteiger partial charge on any atom is -0.450 e. The number of nitro groups is 1. The van der Waals surface area contributed by atoms with Gasteiger partial charge in [-0.05, 0) is 77.5 Å². The Kier molecular flexibility index (Phi) is 9.07. The third-order valence-corrected chi connectivity index (χ3v) is 9.49. The molecule has 1 aliphatic carbocycles. The van der Waals surface area contributed by atoms with E-state index in [-0.39, 0.29) is 40.7 Å². The lowest BCUT2D eigenvalue weighted by molar-refractivity contribution is -0.385. The lowest BCUT2D eigenvalue weighted by Crippen LogP contribution is -2.50. The van der Waals surface area contributed by atoms with Crippen molar-refractivity contribution in [3.63, 3.8) is 0 Å². The van der Waals surface area contributed by atoms with E-state index in [0.717, 1.165) is 0 Å². The van der Waals surface area contributed by atoms with Crippen LogP contribution < -0.4 is 10.1 Å². The quantitative estimate of drug-likeness (QED) is 0.186. The summed E-state index contributed by atoms with van der Waals surface area (Å²) in [4.78, 5) is 24.4. The molecule has 0 saturated heterocycles. The third kappa shape index (κ3) is 7.22. The van der Waals surface area contributed by atoms with E-state index in [4.69, 9.17) is 13.8 Å². The van der Waals surface area contributed by atoms with Crippen LogP contribution in [-0.2, 0) is 13.6 Å². The first-order chi connectivity index (χ1) is 17.6. The second-order valence-electron chi connectivity index (χ2n) is 11.6. The molecule has 38 heavy (non-hydrogen) atoms. The zero-order chi connectivity index (χ0) is 28.3. The summed E-state index contributed by atoms with van der Waals surface area (Å²) in [5.41, 5.74) is -0.265.